The SMILES string of the molecule is CCOC(=O)C1=CN(Cc2ccc(C)cc2)SN(CC2CC2)C1c1ccc(Cl)cc1Cl. The molecule has 1 fully saturated rings. The van der Waals surface area contributed by atoms with Gasteiger partial charge in [-0.1, -0.05) is 59.1 Å². The number of carbonyl (C=O) groups is 1. The minimum atomic E-state index is -0.312. The van der Waals surface area contributed by atoms with Crippen LogP contribution in [0.25, 0.3) is 0 Å². The summed E-state index contributed by atoms with van der Waals surface area (Å²) in [4.78, 5) is 13.0. The molecular formula is C24H26Cl2N2O2S. The number of rotatable bonds is 7. The second-order valence-corrected chi connectivity index (χ2v) is 10.0. The molecule has 2 aromatic carbocycles. The van der Waals surface area contributed by atoms with Gasteiger partial charge in [0.15, 0.2) is 0 Å². The van der Waals surface area contributed by atoms with Gasteiger partial charge in [0, 0.05) is 34.9 Å². The van der Waals surface area contributed by atoms with Crippen LogP contribution in [0.4, 0.5) is 0 Å². The third-order valence-corrected chi connectivity index (χ3v) is 7.01. The number of hydrogen-bond donors (Lipinski definition) is 0. The summed E-state index contributed by atoms with van der Waals surface area (Å²) in [6.45, 7) is 5.80. The van der Waals surface area contributed by atoms with E-state index in [9.17, 15) is 4.79 Å². The van der Waals surface area contributed by atoms with Crippen LogP contribution in [-0.2, 0) is 16.1 Å². The molecule has 1 saturated carbocycles. The normalized spacial score (nSPS) is 19.3. The van der Waals surface area contributed by atoms with Crippen molar-refractivity contribution in [2.24, 2.45) is 5.92 Å². The van der Waals surface area contributed by atoms with E-state index < -0.39 is 0 Å². The fraction of sp³-hybridized carbons (Fsp3) is 0.375. The quantitative estimate of drug-likeness (QED) is 0.332. The Morgan fingerprint density at radius 1 is 1.16 bits per heavy atom. The third kappa shape index (κ3) is 5.58. The average Bonchev–Trinajstić information content (AvgIpc) is 3.54. The highest BCUT2D eigenvalue weighted by atomic mass is 35.5. The Labute approximate surface area is 198 Å². The van der Waals surface area contributed by atoms with Gasteiger partial charge in [-0.05, 0) is 55.9 Å². The molecule has 164 valence electrons. The fourth-order valence-corrected chi connectivity index (χ4v) is 5.40. The number of halogens is 2. The van der Waals surface area contributed by atoms with E-state index in [1.54, 1.807) is 18.2 Å². The summed E-state index contributed by atoms with van der Waals surface area (Å²) in [5.74, 6) is 0.331. The van der Waals surface area contributed by atoms with Crippen LogP contribution in [0, 0.1) is 12.8 Å². The molecule has 0 spiro atoms. The molecule has 1 unspecified atom stereocenters. The summed E-state index contributed by atoms with van der Waals surface area (Å²) in [5, 5.41) is 1.13. The average molecular weight is 477 g/mol. The number of aryl methyl sites for hydroxylation is 1. The molecule has 1 atom stereocenters. The summed E-state index contributed by atoms with van der Waals surface area (Å²) in [6.07, 6.45) is 4.35. The molecule has 4 nitrogen and oxygen atoms in total. The molecule has 2 aliphatic rings. The molecule has 0 saturated heterocycles. The number of esters is 1. The molecule has 2 aromatic rings. The standard InChI is InChI=1S/C24H26Cl2N2O2S/c1-3-30-24(29)21-15-27(13-17-6-4-16(2)5-7-17)31-28(14-18-8-9-18)23(21)20-11-10-19(25)12-22(20)26/h4-7,10-12,15,18,23H,3,8-9,13-14H2,1-2H3. The van der Waals surface area contributed by atoms with Gasteiger partial charge in [-0.3, -0.25) is 0 Å². The van der Waals surface area contributed by atoms with Crippen molar-refractivity contribution >= 4 is 41.3 Å². The van der Waals surface area contributed by atoms with E-state index in [2.05, 4.69) is 39.8 Å². The highest BCUT2D eigenvalue weighted by Crippen LogP contribution is 2.46. The summed E-state index contributed by atoms with van der Waals surface area (Å²) in [5.41, 5.74) is 3.88. The first-order valence-corrected chi connectivity index (χ1v) is 12.0. The van der Waals surface area contributed by atoms with Crippen LogP contribution in [0.2, 0.25) is 10.0 Å². The van der Waals surface area contributed by atoms with Crippen molar-refractivity contribution in [3.05, 3.63) is 81.0 Å². The molecule has 1 heterocycles. The van der Waals surface area contributed by atoms with Crippen LogP contribution < -0.4 is 0 Å². The minimum Gasteiger partial charge on any atom is -0.463 e. The first-order valence-electron chi connectivity index (χ1n) is 10.5. The van der Waals surface area contributed by atoms with Crippen LogP contribution in [-0.4, -0.2) is 27.7 Å². The Bertz CT molecular complexity index is 976. The summed E-state index contributed by atoms with van der Waals surface area (Å²) in [7, 11) is 0. The lowest BCUT2D eigenvalue weighted by Gasteiger charge is -2.40. The number of nitrogens with zero attached hydrogens (tertiary/aromatic N) is 2. The zero-order valence-electron chi connectivity index (χ0n) is 17.7. The molecule has 1 aliphatic heterocycles. The van der Waals surface area contributed by atoms with Crippen molar-refractivity contribution in [1.82, 2.24) is 8.61 Å². The highest BCUT2D eigenvalue weighted by Gasteiger charge is 2.39. The summed E-state index contributed by atoms with van der Waals surface area (Å²) < 4.78 is 9.82. The highest BCUT2D eigenvalue weighted by molar-refractivity contribution is 7.94. The van der Waals surface area contributed by atoms with Gasteiger partial charge >= 0.3 is 5.97 Å². The zero-order chi connectivity index (χ0) is 22.0. The molecule has 7 heteroatoms. The van der Waals surface area contributed by atoms with E-state index in [0.717, 1.165) is 12.1 Å². The molecule has 0 aromatic heterocycles. The number of hydrogen-bond acceptors (Lipinski definition) is 5. The van der Waals surface area contributed by atoms with E-state index in [1.165, 1.54) is 24.0 Å². The second-order valence-electron chi connectivity index (χ2n) is 8.06. The first kappa shape index (κ1) is 22.5. The molecular weight excluding hydrogens is 451 g/mol. The largest absolute Gasteiger partial charge is 0.463 e. The van der Waals surface area contributed by atoms with Gasteiger partial charge in [0.2, 0.25) is 0 Å². The topological polar surface area (TPSA) is 32.8 Å². The van der Waals surface area contributed by atoms with Crippen molar-refractivity contribution in [3.8, 4) is 0 Å². The Kier molecular flexibility index (Phi) is 7.17. The lowest BCUT2D eigenvalue weighted by Crippen LogP contribution is -2.37. The predicted octanol–water partition coefficient (Wildman–Crippen LogP) is 6.58. The van der Waals surface area contributed by atoms with E-state index in [0.29, 0.717) is 34.7 Å². The first-order chi connectivity index (χ1) is 14.9. The number of carbonyl (C=O) groups excluding carboxylic acids is 1. The Hall–Kier alpha value is -1.66. The fourth-order valence-electron chi connectivity index (χ4n) is 3.65. The van der Waals surface area contributed by atoms with Gasteiger partial charge < -0.3 is 9.04 Å². The zero-order valence-corrected chi connectivity index (χ0v) is 20.0. The van der Waals surface area contributed by atoms with Gasteiger partial charge in [0.05, 0.1) is 24.8 Å². The van der Waals surface area contributed by atoms with Crippen molar-refractivity contribution in [3.63, 3.8) is 0 Å². The van der Waals surface area contributed by atoms with Crippen LogP contribution in [0.15, 0.2) is 54.2 Å². The lowest BCUT2D eigenvalue weighted by atomic mass is 9.98. The van der Waals surface area contributed by atoms with Gasteiger partial charge in [0.1, 0.15) is 0 Å². The van der Waals surface area contributed by atoms with Gasteiger partial charge in [-0.2, -0.15) is 0 Å². The number of benzene rings is 2. The maximum atomic E-state index is 13.0. The molecule has 4 rings (SSSR count). The summed E-state index contributed by atoms with van der Waals surface area (Å²) in [6, 6.07) is 13.7. The van der Waals surface area contributed by atoms with Crippen LogP contribution >= 0.6 is 35.3 Å². The molecule has 0 amide bonds. The van der Waals surface area contributed by atoms with E-state index in [-0.39, 0.29) is 12.0 Å². The Morgan fingerprint density at radius 2 is 1.90 bits per heavy atom. The lowest BCUT2D eigenvalue weighted by molar-refractivity contribution is -0.139. The Balaban J connectivity index is 1.71. The van der Waals surface area contributed by atoms with Gasteiger partial charge in [0.25, 0.3) is 0 Å². The van der Waals surface area contributed by atoms with Crippen molar-refractivity contribution in [2.45, 2.75) is 39.3 Å². The maximum absolute atomic E-state index is 13.0. The molecule has 0 radical (unpaired) electrons. The molecule has 0 bridgehead atoms. The van der Waals surface area contributed by atoms with Crippen molar-refractivity contribution < 1.29 is 9.53 Å². The monoisotopic (exact) mass is 476 g/mol. The van der Waals surface area contributed by atoms with E-state index in [4.69, 9.17) is 27.9 Å². The van der Waals surface area contributed by atoms with Crippen LogP contribution in [0.3, 0.4) is 0 Å². The third-order valence-electron chi connectivity index (χ3n) is 5.44. The number of ether oxygens (including phenoxy) is 1. The van der Waals surface area contributed by atoms with E-state index in [1.807, 2.05) is 25.3 Å². The van der Waals surface area contributed by atoms with Crippen molar-refractivity contribution in [1.29, 1.82) is 0 Å². The van der Waals surface area contributed by atoms with Crippen LogP contribution in [0.1, 0.15) is 42.5 Å². The molecule has 0 N–H and O–H groups in total. The molecule has 1 aliphatic carbocycles. The summed E-state index contributed by atoms with van der Waals surface area (Å²) >= 11 is 14.4. The van der Waals surface area contributed by atoms with Crippen molar-refractivity contribution in [2.75, 3.05) is 13.2 Å². The van der Waals surface area contributed by atoms with Gasteiger partial charge in [-0.25, -0.2) is 9.10 Å². The predicted molar refractivity (Wildman–Crippen MR) is 128 cm³/mol. The molecule has 31 heavy (non-hydrogen) atoms. The Morgan fingerprint density at radius 3 is 2.55 bits per heavy atom. The van der Waals surface area contributed by atoms with Crippen LogP contribution in [0.5, 0.6) is 0 Å². The second kappa shape index (κ2) is 9.86. The smallest absolute Gasteiger partial charge is 0.337 e. The maximum Gasteiger partial charge on any atom is 0.337 e. The minimum absolute atomic E-state index is 0.288. The van der Waals surface area contributed by atoms with E-state index >= 15 is 0 Å². The van der Waals surface area contributed by atoms with Gasteiger partial charge in [-0.15, -0.1) is 0 Å².